The first kappa shape index (κ1) is 20.7. The largest absolute Gasteiger partial charge is 0.369 e. The molecule has 0 saturated heterocycles. The van der Waals surface area contributed by atoms with Gasteiger partial charge in [0, 0.05) is 38.1 Å². The van der Waals surface area contributed by atoms with Gasteiger partial charge in [-0.1, -0.05) is 6.07 Å². The molecule has 29 heavy (non-hydrogen) atoms. The second-order valence-electron chi connectivity index (χ2n) is 6.26. The van der Waals surface area contributed by atoms with Crippen molar-refractivity contribution in [2.45, 2.75) is 32.3 Å². The molecule has 0 saturated carbocycles. The van der Waals surface area contributed by atoms with E-state index in [1.165, 1.54) is 6.20 Å². The summed E-state index contributed by atoms with van der Waals surface area (Å²) >= 11 is 0. The summed E-state index contributed by atoms with van der Waals surface area (Å²) in [4.78, 5) is 17.0. The summed E-state index contributed by atoms with van der Waals surface area (Å²) in [7, 11) is -3.66. The molecule has 3 N–H and O–H groups in total. The summed E-state index contributed by atoms with van der Waals surface area (Å²) in [6, 6.07) is 7.28. The van der Waals surface area contributed by atoms with Crippen LogP contribution < -0.4 is 15.4 Å². The fraction of sp³-hybridized carbons (Fsp3) is 0.333. The van der Waals surface area contributed by atoms with E-state index in [-0.39, 0.29) is 11.6 Å². The van der Waals surface area contributed by atoms with Crippen molar-refractivity contribution in [2.24, 2.45) is 0 Å². The van der Waals surface area contributed by atoms with E-state index in [0.717, 1.165) is 0 Å². The number of aryl methyl sites for hydroxylation is 3. The Bertz CT molecular complexity index is 1070. The predicted octanol–water partition coefficient (Wildman–Crippen LogP) is 1.84. The number of rotatable bonds is 9. The Hall–Kier alpha value is -3.05. The van der Waals surface area contributed by atoms with Gasteiger partial charge in [-0.05, 0) is 32.9 Å². The number of sulfonamides is 1. The van der Waals surface area contributed by atoms with Gasteiger partial charge < -0.3 is 15.2 Å². The van der Waals surface area contributed by atoms with E-state index >= 15 is 0 Å². The molecule has 3 rings (SSSR count). The van der Waals surface area contributed by atoms with E-state index in [2.05, 4.69) is 35.3 Å². The first-order valence-electron chi connectivity index (χ1n) is 9.18. The third-order valence-corrected chi connectivity index (χ3v) is 5.38. The zero-order chi connectivity index (χ0) is 20.9. The molecule has 3 aromatic heterocycles. The second-order valence-corrected chi connectivity index (χ2v) is 7.98. The summed E-state index contributed by atoms with van der Waals surface area (Å²) in [5.41, 5.74) is 0. The van der Waals surface area contributed by atoms with Crippen LogP contribution in [0.3, 0.4) is 0 Å². The van der Waals surface area contributed by atoms with Gasteiger partial charge in [-0.3, -0.25) is 0 Å². The molecule has 0 radical (unpaired) electrons. The molecule has 0 atom stereocenters. The van der Waals surface area contributed by atoms with Crippen molar-refractivity contribution < 1.29 is 8.42 Å². The lowest BCUT2D eigenvalue weighted by atomic mass is 10.4. The number of nitrogens with one attached hydrogen (secondary N) is 3. The molecular weight excluding hydrogens is 392 g/mol. The van der Waals surface area contributed by atoms with Gasteiger partial charge in [0.2, 0.25) is 0 Å². The van der Waals surface area contributed by atoms with E-state index in [0.29, 0.717) is 42.2 Å². The first-order chi connectivity index (χ1) is 13.9. The van der Waals surface area contributed by atoms with Crippen LogP contribution in [-0.2, 0) is 16.6 Å². The van der Waals surface area contributed by atoms with Crippen LogP contribution in [0.2, 0.25) is 0 Å². The molecule has 3 heterocycles. The quantitative estimate of drug-likeness (QED) is 0.451. The Kier molecular flexibility index (Phi) is 6.39. The molecule has 0 amide bonds. The van der Waals surface area contributed by atoms with E-state index in [4.69, 9.17) is 0 Å². The van der Waals surface area contributed by atoms with E-state index < -0.39 is 10.0 Å². The smallest absolute Gasteiger partial charge is 0.259 e. The summed E-state index contributed by atoms with van der Waals surface area (Å²) in [6.07, 6.45) is 3.22. The molecule has 0 bridgehead atoms. The Labute approximate surface area is 169 Å². The highest BCUT2D eigenvalue weighted by Gasteiger charge is 2.18. The molecule has 0 aliphatic carbocycles. The Morgan fingerprint density at radius 1 is 1.03 bits per heavy atom. The number of aromatic nitrogens is 5. The Balaban J connectivity index is 1.57. The lowest BCUT2D eigenvalue weighted by Gasteiger charge is -2.10. The van der Waals surface area contributed by atoms with Crippen molar-refractivity contribution in [1.82, 2.24) is 29.2 Å². The number of nitrogens with zero attached hydrogens (tertiary/aromatic N) is 5. The van der Waals surface area contributed by atoms with Crippen LogP contribution in [0.1, 0.15) is 18.6 Å². The zero-order valence-electron chi connectivity index (χ0n) is 16.5. The van der Waals surface area contributed by atoms with E-state index in [9.17, 15) is 8.42 Å². The highest BCUT2D eigenvalue weighted by atomic mass is 32.2. The van der Waals surface area contributed by atoms with Crippen LogP contribution in [0.5, 0.6) is 0 Å². The van der Waals surface area contributed by atoms with Crippen molar-refractivity contribution in [1.29, 1.82) is 0 Å². The topological polar surface area (TPSA) is 127 Å². The van der Waals surface area contributed by atoms with Crippen molar-refractivity contribution >= 4 is 27.5 Å². The fourth-order valence-corrected chi connectivity index (χ4v) is 3.71. The van der Waals surface area contributed by atoms with Gasteiger partial charge in [0.1, 0.15) is 29.1 Å². The lowest BCUT2D eigenvalue weighted by molar-refractivity contribution is 0.579. The average molecular weight is 417 g/mol. The first-order valence-corrected chi connectivity index (χ1v) is 10.7. The zero-order valence-corrected chi connectivity index (χ0v) is 17.4. The van der Waals surface area contributed by atoms with Crippen LogP contribution in [0.4, 0.5) is 17.5 Å². The molecule has 3 aromatic rings. The molecule has 0 aliphatic heterocycles. The second kappa shape index (κ2) is 8.97. The molecule has 0 aromatic carbocycles. The van der Waals surface area contributed by atoms with Gasteiger partial charge in [-0.25, -0.2) is 33.1 Å². The molecule has 0 aliphatic rings. The van der Waals surface area contributed by atoms with Crippen LogP contribution in [0.15, 0.2) is 41.7 Å². The van der Waals surface area contributed by atoms with Crippen molar-refractivity contribution in [2.75, 3.05) is 23.7 Å². The maximum Gasteiger partial charge on any atom is 0.259 e. The van der Waals surface area contributed by atoms with Crippen molar-refractivity contribution in [3.05, 3.63) is 48.3 Å². The highest BCUT2D eigenvalue weighted by molar-refractivity contribution is 7.89. The van der Waals surface area contributed by atoms with E-state index in [1.54, 1.807) is 30.7 Å². The van der Waals surface area contributed by atoms with Gasteiger partial charge in [0.05, 0.1) is 0 Å². The highest BCUT2D eigenvalue weighted by Crippen LogP contribution is 2.15. The van der Waals surface area contributed by atoms with E-state index in [1.807, 2.05) is 25.1 Å². The van der Waals surface area contributed by atoms with Gasteiger partial charge in [-0.2, -0.15) is 0 Å². The van der Waals surface area contributed by atoms with Gasteiger partial charge >= 0.3 is 0 Å². The predicted molar refractivity (Wildman–Crippen MR) is 111 cm³/mol. The van der Waals surface area contributed by atoms with Gasteiger partial charge in [0.25, 0.3) is 10.0 Å². The molecule has 0 unspecified atom stereocenters. The molecule has 11 heteroatoms. The maximum atomic E-state index is 12.4. The summed E-state index contributed by atoms with van der Waals surface area (Å²) in [5, 5.41) is 6.23. The minimum Gasteiger partial charge on any atom is -0.369 e. The van der Waals surface area contributed by atoms with Gasteiger partial charge in [-0.15, -0.1) is 0 Å². The summed E-state index contributed by atoms with van der Waals surface area (Å²) in [6.45, 7) is 6.70. The van der Waals surface area contributed by atoms with Crippen LogP contribution >= 0.6 is 0 Å². The molecule has 154 valence electrons. The third-order valence-electron chi connectivity index (χ3n) is 4.05. The Morgan fingerprint density at radius 2 is 1.83 bits per heavy atom. The number of pyridine rings is 1. The third kappa shape index (κ3) is 5.48. The molecule has 0 fully saturated rings. The molecular formula is C18H24N8O2S. The van der Waals surface area contributed by atoms with Crippen molar-refractivity contribution in [3.63, 3.8) is 0 Å². The number of hydrogen-bond donors (Lipinski definition) is 3. The standard InChI is InChI=1S/C18H24N8O2S/c1-4-26-12-18(24-14(26)3)29(27,28)21-10-9-20-16-11-17(23-13(2)22-16)25-15-7-5-6-8-19-15/h5-8,11-12,21H,4,9-10H2,1-3H3,(H2,19,20,22,23,25). The summed E-state index contributed by atoms with van der Waals surface area (Å²) < 4.78 is 29.1. The van der Waals surface area contributed by atoms with Crippen LogP contribution in [0, 0.1) is 13.8 Å². The van der Waals surface area contributed by atoms with Crippen LogP contribution in [0.25, 0.3) is 0 Å². The fourth-order valence-electron chi connectivity index (χ4n) is 2.67. The SMILES string of the molecule is CCn1cc(S(=O)(=O)NCCNc2cc(Nc3ccccn3)nc(C)n2)nc1C. The number of imidazole rings is 1. The minimum atomic E-state index is -3.66. The van der Waals surface area contributed by atoms with Gasteiger partial charge in [0.15, 0.2) is 5.03 Å². The number of anilines is 3. The van der Waals surface area contributed by atoms with Crippen LogP contribution in [-0.4, -0.2) is 46.0 Å². The lowest BCUT2D eigenvalue weighted by Crippen LogP contribution is -2.29. The monoisotopic (exact) mass is 416 g/mol. The van der Waals surface area contributed by atoms with Crippen molar-refractivity contribution in [3.8, 4) is 0 Å². The number of hydrogen-bond acceptors (Lipinski definition) is 8. The normalized spacial score (nSPS) is 11.4. The Morgan fingerprint density at radius 3 is 2.52 bits per heavy atom. The molecule has 10 nitrogen and oxygen atoms in total. The summed E-state index contributed by atoms with van der Waals surface area (Å²) in [5.74, 6) is 3.09. The molecule has 0 spiro atoms. The maximum absolute atomic E-state index is 12.4. The average Bonchev–Trinajstić information content (AvgIpc) is 3.07. The minimum absolute atomic E-state index is 0.0246.